The number of aliphatic hydroxyl groups is 1. The van der Waals surface area contributed by atoms with Gasteiger partial charge in [0.25, 0.3) is 0 Å². The zero-order chi connectivity index (χ0) is 20.5. The molecule has 0 amide bonds. The summed E-state index contributed by atoms with van der Waals surface area (Å²) in [7, 11) is 0. The molecule has 11 heteroatoms. The van der Waals surface area contributed by atoms with Crippen molar-refractivity contribution in [1.29, 1.82) is 0 Å². The van der Waals surface area contributed by atoms with Gasteiger partial charge in [-0.15, -0.1) is 0 Å². The van der Waals surface area contributed by atoms with E-state index >= 15 is 0 Å². The lowest BCUT2D eigenvalue weighted by Gasteiger charge is -2.36. The summed E-state index contributed by atoms with van der Waals surface area (Å²) in [6.45, 7) is 6.77. The number of carboxylic acid groups (broad SMARTS) is 1. The highest BCUT2D eigenvalue weighted by Gasteiger charge is 2.67. The third-order valence-corrected chi connectivity index (χ3v) is 5.59. The van der Waals surface area contributed by atoms with Gasteiger partial charge in [0, 0.05) is 13.1 Å². The summed E-state index contributed by atoms with van der Waals surface area (Å²) in [6, 6.07) is 0. The SMILES string of the molecule is CC1(C)O[C@H]2O[C@H](CN[C@]3(C(=O)O)[C@@H](CN)O[C@@H]4OC(C)(C)O[C@@H]43)[C@H](O)[C@H]2O1. The molecule has 0 aliphatic carbocycles. The maximum absolute atomic E-state index is 12.3. The number of hydrogen-bond donors (Lipinski definition) is 4. The zero-order valence-corrected chi connectivity index (χ0v) is 16.3. The maximum Gasteiger partial charge on any atom is 0.329 e. The first-order valence-electron chi connectivity index (χ1n) is 9.38. The summed E-state index contributed by atoms with van der Waals surface area (Å²) in [6.07, 6.45) is -5.77. The number of carbonyl (C=O) groups is 1. The fourth-order valence-corrected chi connectivity index (χ4v) is 4.38. The van der Waals surface area contributed by atoms with E-state index in [1.807, 2.05) is 0 Å². The van der Waals surface area contributed by atoms with E-state index in [1.54, 1.807) is 27.7 Å². The fourth-order valence-electron chi connectivity index (χ4n) is 4.38. The van der Waals surface area contributed by atoms with E-state index in [0.717, 1.165) is 0 Å². The van der Waals surface area contributed by atoms with Gasteiger partial charge < -0.3 is 44.4 Å². The Balaban J connectivity index is 1.51. The molecule has 0 aromatic heterocycles. The number of aliphatic hydroxyl groups excluding tert-OH is 1. The second-order valence-corrected chi connectivity index (χ2v) is 8.47. The Hall–Kier alpha value is -0.890. The number of fused-ring (bicyclic) bond motifs is 2. The Bertz CT molecular complexity index is 644. The minimum absolute atomic E-state index is 0.000480. The molecule has 4 fully saturated rings. The van der Waals surface area contributed by atoms with Crippen molar-refractivity contribution in [2.75, 3.05) is 13.1 Å². The van der Waals surface area contributed by atoms with Gasteiger partial charge in [0.2, 0.25) is 0 Å². The van der Waals surface area contributed by atoms with E-state index in [1.165, 1.54) is 0 Å². The van der Waals surface area contributed by atoms with Crippen molar-refractivity contribution in [3.63, 3.8) is 0 Å². The van der Waals surface area contributed by atoms with Gasteiger partial charge in [-0.3, -0.25) is 5.32 Å². The number of nitrogens with two attached hydrogens (primary N) is 1. The second kappa shape index (κ2) is 6.56. The van der Waals surface area contributed by atoms with Gasteiger partial charge in [0.05, 0.1) is 0 Å². The number of nitrogens with one attached hydrogen (secondary N) is 1. The lowest BCUT2D eigenvalue weighted by molar-refractivity contribution is -0.218. The highest BCUT2D eigenvalue weighted by atomic mass is 16.8. The smallest absolute Gasteiger partial charge is 0.329 e. The summed E-state index contributed by atoms with van der Waals surface area (Å²) < 4.78 is 34.2. The van der Waals surface area contributed by atoms with Crippen LogP contribution < -0.4 is 11.1 Å². The molecule has 8 atom stereocenters. The van der Waals surface area contributed by atoms with E-state index in [-0.39, 0.29) is 13.1 Å². The van der Waals surface area contributed by atoms with Gasteiger partial charge >= 0.3 is 5.97 Å². The first kappa shape index (κ1) is 20.4. The van der Waals surface area contributed by atoms with Gasteiger partial charge in [-0.25, -0.2) is 4.79 Å². The van der Waals surface area contributed by atoms with Crippen LogP contribution in [0.3, 0.4) is 0 Å². The first-order chi connectivity index (χ1) is 13.0. The van der Waals surface area contributed by atoms with Crippen LogP contribution in [-0.2, 0) is 33.2 Å². The first-order valence-corrected chi connectivity index (χ1v) is 9.38. The minimum Gasteiger partial charge on any atom is -0.480 e. The Morgan fingerprint density at radius 2 is 1.68 bits per heavy atom. The predicted octanol–water partition coefficient (Wildman–Crippen LogP) is -1.53. The molecule has 4 rings (SSSR count). The molecule has 4 saturated heterocycles. The molecular formula is C17H28N2O9. The van der Waals surface area contributed by atoms with Gasteiger partial charge in [0.15, 0.2) is 29.7 Å². The van der Waals surface area contributed by atoms with E-state index in [4.69, 9.17) is 34.2 Å². The van der Waals surface area contributed by atoms with E-state index in [2.05, 4.69) is 5.32 Å². The molecule has 5 N–H and O–H groups in total. The second-order valence-electron chi connectivity index (χ2n) is 8.47. The monoisotopic (exact) mass is 404 g/mol. The van der Waals surface area contributed by atoms with Crippen LogP contribution in [0.5, 0.6) is 0 Å². The maximum atomic E-state index is 12.3. The number of ether oxygens (including phenoxy) is 6. The number of aliphatic carboxylic acids is 1. The number of hydrogen-bond acceptors (Lipinski definition) is 10. The van der Waals surface area contributed by atoms with Crippen molar-refractivity contribution in [3.05, 3.63) is 0 Å². The van der Waals surface area contributed by atoms with E-state index in [9.17, 15) is 15.0 Å². The van der Waals surface area contributed by atoms with Crippen LogP contribution in [0, 0.1) is 0 Å². The molecule has 0 unspecified atom stereocenters. The Morgan fingerprint density at radius 1 is 1.04 bits per heavy atom. The van der Waals surface area contributed by atoms with Crippen LogP contribution >= 0.6 is 0 Å². The van der Waals surface area contributed by atoms with Crippen LogP contribution in [-0.4, -0.2) is 89.5 Å². The molecule has 28 heavy (non-hydrogen) atoms. The number of rotatable bonds is 5. The summed E-state index contributed by atoms with van der Waals surface area (Å²) in [5.74, 6) is -3.03. The summed E-state index contributed by atoms with van der Waals surface area (Å²) in [5, 5.41) is 23.6. The fraction of sp³-hybridized carbons (Fsp3) is 0.941. The third-order valence-electron chi connectivity index (χ3n) is 5.59. The van der Waals surface area contributed by atoms with Crippen molar-refractivity contribution in [2.45, 2.75) is 87.9 Å². The third kappa shape index (κ3) is 3.06. The van der Waals surface area contributed by atoms with Crippen LogP contribution in [0.1, 0.15) is 27.7 Å². The van der Waals surface area contributed by atoms with Crippen LogP contribution in [0.2, 0.25) is 0 Å². The van der Waals surface area contributed by atoms with Crippen molar-refractivity contribution in [2.24, 2.45) is 5.73 Å². The van der Waals surface area contributed by atoms with Gasteiger partial charge in [-0.05, 0) is 27.7 Å². The normalized spacial score (nSPS) is 48.6. The van der Waals surface area contributed by atoms with Crippen LogP contribution in [0.15, 0.2) is 0 Å². The summed E-state index contributed by atoms with van der Waals surface area (Å²) in [5.41, 5.74) is 4.12. The van der Waals surface area contributed by atoms with Gasteiger partial charge in [0.1, 0.15) is 30.5 Å². The molecular weight excluding hydrogens is 376 g/mol. The lowest BCUT2D eigenvalue weighted by atomic mass is 9.87. The molecule has 0 aromatic rings. The minimum atomic E-state index is -1.66. The van der Waals surface area contributed by atoms with Gasteiger partial charge in [-0.1, -0.05) is 0 Å². The Kier molecular flexibility index (Phi) is 4.77. The predicted molar refractivity (Wildman–Crippen MR) is 90.8 cm³/mol. The highest BCUT2D eigenvalue weighted by molar-refractivity contribution is 5.81. The average molecular weight is 404 g/mol. The lowest BCUT2D eigenvalue weighted by Crippen LogP contribution is -2.67. The average Bonchev–Trinajstić information content (AvgIpc) is 3.22. The molecule has 11 nitrogen and oxygen atoms in total. The molecule has 0 radical (unpaired) electrons. The molecule has 4 aliphatic heterocycles. The van der Waals surface area contributed by atoms with Crippen molar-refractivity contribution in [3.8, 4) is 0 Å². The van der Waals surface area contributed by atoms with Gasteiger partial charge in [-0.2, -0.15) is 0 Å². The molecule has 160 valence electrons. The molecule has 4 heterocycles. The summed E-state index contributed by atoms with van der Waals surface area (Å²) >= 11 is 0. The molecule has 0 bridgehead atoms. The van der Waals surface area contributed by atoms with E-state index < -0.39 is 66.2 Å². The standard InChI is InChI=1S/C17H28N2O9/c1-15(2)25-10-9(20)7(23-12(10)27-15)6-19-17(14(21)22)8(5-18)24-13-11(17)26-16(3,4)28-13/h7-13,19-20H,5-6,18H2,1-4H3,(H,21,22)/t7-,8-,9+,10-,11+,12-,13-,17-/m1/s1. The Morgan fingerprint density at radius 3 is 2.29 bits per heavy atom. The molecule has 0 aromatic carbocycles. The highest BCUT2D eigenvalue weighted by Crippen LogP contribution is 2.43. The van der Waals surface area contributed by atoms with Crippen LogP contribution in [0.25, 0.3) is 0 Å². The largest absolute Gasteiger partial charge is 0.480 e. The van der Waals surface area contributed by atoms with Crippen molar-refractivity contribution < 1.29 is 43.4 Å². The summed E-state index contributed by atoms with van der Waals surface area (Å²) in [4.78, 5) is 12.3. The molecule has 0 saturated carbocycles. The quantitative estimate of drug-likeness (QED) is 0.422. The molecule has 0 spiro atoms. The Labute approximate surface area is 162 Å². The topological polar surface area (TPSA) is 151 Å². The van der Waals surface area contributed by atoms with E-state index in [0.29, 0.717) is 0 Å². The van der Waals surface area contributed by atoms with Crippen molar-refractivity contribution >= 4 is 5.97 Å². The van der Waals surface area contributed by atoms with Crippen molar-refractivity contribution in [1.82, 2.24) is 5.32 Å². The molecule has 4 aliphatic rings. The number of carboxylic acids is 1. The van der Waals surface area contributed by atoms with Crippen LogP contribution in [0.4, 0.5) is 0 Å². The zero-order valence-electron chi connectivity index (χ0n) is 16.3.